The summed E-state index contributed by atoms with van der Waals surface area (Å²) >= 11 is 0. The molecule has 0 amide bonds. The zero-order valence-corrected chi connectivity index (χ0v) is 6.64. The van der Waals surface area contributed by atoms with E-state index in [9.17, 15) is 4.79 Å². The largest absolute Gasteiger partial charge is 0.428 e. The molecule has 0 bridgehead atoms. The molecule has 0 aliphatic heterocycles. The molecule has 2 nitrogen and oxygen atoms in total. The minimum atomic E-state index is 0.833. The van der Waals surface area contributed by atoms with Gasteiger partial charge < -0.3 is 0 Å². The SMILES string of the molecule is Cc1cccc([NH+]=C=O)c1C. The van der Waals surface area contributed by atoms with Crippen LogP contribution in [-0.2, 0) is 4.79 Å². The van der Waals surface area contributed by atoms with Gasteiger partial charge in [-0.15, -0.1) is 4.99 Å². The summed E-state index contributed by atoms with van der Waals surface area (Å²) < 4.78 is 0. The van der Waals surface area contributed by atoms with Crippen LogP contribution in [0, 0.1) is 13.8 Å². The van der Waals surface area contributed by atoms with E-state index in [-0.39, 0.29) is 0 Å². The normalized spacial score (nSPS) is 8.91. The Hall–Kier alpha value is -1.40. The van der Waals surface area contributed by atoms with Crippen LogP contribution in [0.5, 0.6) is 0 Å². The van der Waals surface area contributed by atoms with Gasteiger partial charge in [-0.25, -0.2) is 0 Å². The molecule has 1 aromatic carbocycles. The third-order valence-corrected chi connectivity index (χ3v) is 1.79. The molecule has 0 aliphatic rings. The number of rotatable bonds is 1. The fourth-order valence-corrected chi connectivity index (χ4v) is 0.941. The first-order chi connectivity index (χ1) is 5.25. The highest BCUT2D eigenvalue weighted by molar-refractivity contribution is 5.44. The van der Waals surface area contributed by atoms with Gasteiger partial charge in [-0.05, 0) is 19.4 Å². The molecule has 0 heterocycles. The predicted octanol–water partition coefficient (Wildman–Crippen LogP) is 0.351. The number of isocyanates is 1. The maximum atomic E-state index is 10.0. The lowest BCUT2D eigenvalue weighted by molar-refractivity contribution is -0.351. The maximum absolute atomic E-state index is 10.0. The second-order valence-corrected chi connectivity index (χ2v) is 2.47. The molecule has 0 saturated heterocycles. The van der Waals surface area contributed by atoms with E-state index in [1.165, 1.54) is 5.56 Å². The van der Waals surface area contributed by atoms with E-state index >= 15 is 0 Å². The van der Waals surface area contributed by atoms with Crippen LogP contribution in [0.3, 0.4) is 0 Å². The predicted molar refractivity (Wildman–Crippen MR) is 42.2 cm³/mol. The summed E-state index contributed by atoms with van der Waals surface area (Å²) in [5, 5.41) is 0. The van der Waals surface area contributed by atoms with Gasteiger partial charge in [0.1, 0.15) is 0 Å². The number of nitrogens with one attached hydrogen (secondary N) is 1. The zero-order chi connectivity index (χ0) is 8.27. The van der Waals surface area contributed by atoms with Crippen molar-refractivity contribution >= 4 is 11.8 Å². The third-order valence-electron chi connectivity index (χ3n) is 1.79. The molecule has 1 rings (SSSR count). The smallest absolute Gasteiger partial charge is 0.159 e. The van der Waals surface area contributed by atoms with Crippen LogP contribution in [0.4, 0.5) is 5.69 Å². The lowest BCUT2D eigenvalue weighted by atomic mass is 10.1. The molecule has 0 saturated carbocycles. The minimum Gasteiger partial charge on any atom is -0.159 e. The van der Waals surface area contributed by atoms with Gasteiger partial charge in [0.2, 0.25) is 5.69 Å². The van der Waals surface area contributed by atoms with E-state index in [1.807, 2.05) is 32.0 Å². The fourth-order valence-electron chi connectivity index (χ4n) is 0.941. The van der Waals surface area contributed by atoms with Crippen molar-refractivity contribution in [3.8, 4) is 0 Å². The molecule has 0 spiro atoms. The number of carbonyl (C=O) groups excluding carboxylic acids is 1. The number of hydrogen-bond acceptors (Lipinski definition) is 1. The van der Waals surface area contributed by atoms with Gasteiger partial charge in [-0.1, -0.05) is 12.1 Å². The first kappa shape index (κ1) is 7.70. The molecule has 56 valence electrons. The van der Waals surface area contributed by atoms with E-state index in [0.29, 0.717) is 0 Å². The van der Waals surface area contributed by atoms with Crippen LogP contribution in [-0.4, -0.2) is 6.08 Å². The summed E-state index contributed by atoms with van der Waals surface area (Å²) in [6.07, 6.45) is 1.65. The molecule has 0 atom stereocenters. The van der Waals surface area contributed by atoms with Gasteiger partial charge in [0.05, 0.1) is 0 Å². The summed E-state index contributed by atoms with van der Waals surface area (Å²) in [6.45, 7) is 3.97. The van der Waals surface area contributed by atoms with E-state index < -0.39 is 0 Å². The van der Waals surface area contributed by atoms with Crippen molar-refractivity contribution in [1.82, 2.24) is 0 Å². The number of hydrogen-bond donors (Lipinski definition) is 1. The Balaban J connectivity index is 3.26. The summed E-state index contributed by atoms with van der Waals surface area (Å²) in [5.41, 5.74) is 3.10. The van der Waals surface area contributed by atoms with Gasteiger partial charge in [0, 0.05) is 11.6 Å². The highest BCUT2D eigenvalue weighted by Crippen LogP contribution is 2.11. The summed E-state index contributed by atoms with van der Waals surface area (Å²) in [7, 11) is 0. The van der Waals surface area contributed by atoms with Gasteiger partial charge in [-0.3, -0.25) is 0 Å². The molecule has 0 fully saturated rings. The number of benzene rings is 1. The third kappa shape index (κ3) is 1.54. The van der Waals surface area contributed by atoms with Crippen LogP contribution in [0.15, 0.2) is 18.2 Å². The van der Waals surface area contributed by atoms with Crippen LogP contribution in [0.1, 0.15) is 11.1 Å². The standard InChI is InChI=1S/C9H9NO/c1-7-4-3-5-9(8(7)2)10-6-11/h3-5H,1-2H3/p+1. The molecular weight excluding hydrogens is 138 g/mol. The van der Waals surface area contributed by atoms with E-state index in [0.717, 1.165) is 11.3 Å². The Labute approximate surface area is 65.6 Å². The topological polar surface area (TPSA) is 31.0 Å². The van der Waals surface area contributed by atoms with Crippen molar-refractivity contribution in [2.75, 3.05) is 0 Å². The van der Waals surface area contributed by atoms with Crippen LogP contribution < -0.4 is 4.99 Å². The first-order valence-corrected chi connectivity index (χ1v) is 3.45. The van der Waals surface area contributed by atoms with Crippen molar-refractivity contribution in [3.05, 3.63) is 29.3 Å². The Morgan fingerprint density at radius 3 is 2.73 bits per heavy atom. The van der Waals surface area contributed by atoms with E-state index in [1.54, 1.807) is 6.08 Å². The lowest BCUT2D eigenvalue weighted by Gasteiger charge is -1.95. The summed E-state index contributed by atoms with van der Waals surface area (Å²) in [6, 6.07) is 5.76. The monoisotopic (exact) mass is 148 g/mol. The molecular formula is C9H10NO+. The van der Waals surface area contributed by atoms with Gasteiger partial charge in [0.25, 0.3) is 0 Å². The first-order valence-electron chi connectivity index (χ1n) is 3.45. The lowest BCUT2D eigenvalue weighted by Crippen LogP contribution is -2.59. The molecule has 0 unspecified atom stereocenters. The van der Waals surface area contributed by atoms with Crippen LogP contribution in [0.25, 0.3) is 0 Å². The molecule has 11 heavy (non-hydrogen) atoms. The molecule has 0 radical (unpaired) electrons. The molecule has 2 heteroatoms. The van der Waals surface area contributed by atoms with Crippen molar-refractivity contribution in [2.45, 2.75) is 13.8 Å². The zero-order valence-electron chi connectivity index (χ0n) is 6.64. The fraction of sp³-hybridized carbons (Fsp3) is 0.222. The Morgan fingerprint density at radius 1 is 1.36 bits per heavy atom. The highest BCUT2D eigenvalue weighted by atomic mass is 16.1. The summed E-state index contributed by atoms with van der Waals surface area (Å²) in [5.74, 6) is 0. The Morgan fingerprint density at radius 2 is 2.09 bits per heavy atom. The van der Waals surface area contributed by atoms with Crippen molar-refractivity contribution in [3.63, 3.8) is 0 Å². The van der Waals surface area contributed by atoms with Gasteiger partial charge >= 0.3 is 6.08 Å². The minimum absolute atomic E-state index is 0.833. The second kappa shape index (κ2) is 3.13. The highest BCUT2D eigenvalue weighted by Gasteiger charge is 2.02. The van der Waals surface area contributed by atoms with Crippen LogP contribution >= 0.6 is 0 Å². The Kier molecular flexibility index (Phi) is 2.19. The molecule has 0 aliphatic carbocycles. The average Bonchev–Trinajstić information content (AvgIpc) is 1.99. The second-order valence-electron chi connectivity index (χ2n) is 2.47. The maximum Gasteiger partial charge on any atom is 0.428 e. The molecule has 1 aromatic rings. The number of aryl methyl sites for hydroxylation is 1. The van der Waals surface area contributed by atoms with Crippen molar-refractivity contribution in [1.29, 1.82) is 0 Å². The Bertz CT molecular complexity index is 311. The average molecular weight is 148 g/mol. The van der Waals surface area contributed by atoms with Gasteiger partial charge in [0.15, 0.2) is 0 Å². The van der Waals surface area contributed by atoms with Crippen molar-refractivity contribution in [2.24, 2.45) is 0 Å². The van der Waals surface area contributed by atoms with E-state index in [4.69, 9.17) is 0 Å². The quantitative estimate of drug-likeness (QED) is 0.452. The van der Waals surface area contributed by atoms with Crippen molar-refractivity contribution < 1.29 is 9.79 Å². The molecule has 0 aromatic heterocycles. The molecule has 1 N–H and O–H groups in total. The summed E-state index contributed by atoms with van der Waals surface area (Å²) in [4.78, 5) is 12.5. The van der Waals surface area contributed by atoms with Gasteiger partial charge in [-0.2, -0.15) is 4.79 Å². The van der Waals surface area contributed by atoms with E-state index in [2.05, 4.69) is 4.99 Å². The van der Waals surface area contributed by atoms with Crippen LogP contribution in [0.2, 0.25) is 0 Å².